The van der Waals surface area contributed by atoms with Gasteiger partial charge in [0.05, 0.1) is 12.7 Å². The van der Waals surface area contributed by atoms with Crippen molar-refractivity contribution < 1.29 is 4.74 Å². The first-order valence-electron chi connectivity index (χ1n) is 7.12. The maximum absolute atomic E-state index is 9.39. The molecule has 4 heteroatoms. The number of likely N-dealkylation sites (tertiary alicyclic amines) is 1. The van der Waals surface area contributed by atoms with Crippen LogP contribution in [0.2, 0.25) is 0 Å². The number of nitriles is 1. The number of nitrogens with one attached hydrogen (secondary N) is 1. The van der Waals surface area contributed by atoms with Crippen LogP contribution in [-0.2, 0) is 4.74 Å². The SMILES string of the molecule is CCNC1(C#N)CCC(N2CCC(COC)C2)C1. The lowest BCUT2D eigenvalue weighted by Crippen LogP contribution is -2.43. The van der Waals surface area contributed by atoms with Crippen LogP contribution in [0.4, 0.5) is 0 Å². The summed E-state index contributed by atoms with van der Waals surface area (Å²) in [6, 6.07) is 3.09. The van der Waals surface area contributed by atoms with E-state index in [9.17, 15) is 5.26 Å². The first-order chi connectivity index (χ1) is 8.73. The topological polar surface area (TPSA) is 48.3 Å². The molecule has 102 valence electrons. The van der Waals surface area contributed by atoms with Crippen molar-refractivity contribution in [2.24, 2.45) is 5.92 Å². The molecule has 3 atom stereocenters. The van der Waals surface area contributed by atoms with Gasteiger partial charge in [0, 0.05) is 19.7 Å². The van der Waals surface area contributed by atoms with Crippen LogP contribution in [0.5, 0.6) is 0 Å². The quantitative estimate of drug-likeness (QED) is 0.802. The van der Waals surface area contributed by atoms with Crippen LogP contribution in [0.3, 0.4) is 0 Å². The molecule has 1 aliphatic carbocycles. The fourth-order valence-corrected chi connectivity index (χ4v) is 3.54. The van der Waals surface area contributed by atoms with Crippen molar-refractivity contribution in [3.8, 4) is 6.07 Å². The Morgan fingerprint density at radius 2 is 2.33 bits per heavy atom. The molecule has 0 aromatic carbocycles. The van der Waals surface area contributed by atoms with Crippen molar-refractivity contribution >= 4 is 0 Å². The number of ether oxygens (including phenoxy) is 1. The third-order valence-corrected chi connectivity index (χ3v) is 4.45. The Morgan fingerprint density at radius 1 is 1.50 bits per heavy atom. The van der Waals surface area contributed by atoms with Gasteiger partial charge in [0.25, 0.3) is 0 Å². The van der Waals surface area contributed by atoms with E-state index in [1.807, 2.05) is 0 Å². The molecule has 1 saturated carbocycles. The van der Waals surface area contributed by atoms with Crippen LogP contribution in [0.15, 0.2) is 0 Å². The molecule has 0 aromatic heterocycles. The summed E-state index contributed by atoms with van der Waals surface area (Å²) < 4.78 is 5.25. The minimum Gasteiger partial charge on any atom is -0.384 e. The van der Waals surface area contributed by atoms with Crippen LogP contribution in [-0.4, -0.2) is 49.8 Å². The summed E-state index contributed by atoms with van der Waals surface area (Å²) >= 11 is 0. The van der Waals surface area contributed by atoms with Gasteiger partial charge in [0.2, 0.25) is 0 Å². The zero-order valence-electron chi connectivity index (χ0n) is 11.6. The molecule has 2 fully saturated rings. The summed E-state index contributed by atoms with van der Waals surface area (Å²) in [7, 11) is 1.78. The minimum atomic E-state index is -0.265. The lowest BCUT2D eigenvalue weighted by molar-refractivity contribution is 0.146. The maximum Gasteiger partial charge on any atom is 0.108 e. The summed E-state index contributed by atoms with van der Waals surface area (Å²) in [5.74, 6) is 0.686. The van der Waals surface area contributed by atoms with E-state index in [-0.39, 0.29) is 5.54 Å². The Morgan fingerprint density at radius 3 is 3.00 bits per heavy atom. The Balaban J connectivity index is 1.88. The third-order valence-electron chi connectivity index (χ3n) is 4.45. The standard InChI is InChI=1S/C14H25N3O/c1-3-16-14(11-15)6-4-13(8-14)17-7-5-12(9-17)10-18-2/h12-13,16H,3-10H2,1-2H3. The van der Waals surface area contributed by atoms with Gasteiger partial charge in [-0.3, -0.25) is 10.2 Å². The van der Waals surface area contributed by atoms with Crippen LogP contribution >= 0.6 is 0 Å². The molecule has 0 spiro atoms. The second kappa shape index (κ2) is 6.01. The molecule has 4 nitrogen and oxygen atoms in total. The molecule has 0 bridgehead atoms. The van der Waals surface area contributed by atoms with E-state index in [2.05, 4.69) is 23.2 Å². The summed E-state index contributed by atoms with van der Waals surface area (Å²) in [4.78, 5) is 2.57. The van der Waals surface area contributed by atoms with Crippen molar-refractivity contribution in [3.05, 3.63) is 0 Å². The van der Waals surface area contributed by atoms with Crippen molar-refractivity contribution in [2.45, 2.75) is 44.2 Å². The summed E-state index contributed by atoms with van der Waals surface area (Å²) in [6.45, 7) is 6.15. The highest BCUT2D eigenvalue weighted by Crippen LogP contribution is 2.35. The first-order valence-corrected chi connectivity index (χ1v) is 7.12. The van der Waals surface area contributed by atoms with Crippen molar-refractivity contribution in [1.82, 2.24) is 10.2 Å². The average molecular weight is 251 g/mol. The van der Waals surface area contributed by atoms with Crippen LogP contribution in [0.1, 0.15) is 32.6 Å². The molecule has 3 unspecified atom stereocenters. The zero-order valence-corrected chi connectivity index (χ0v) is 11.6. The first kappa shape index (κ1) is 13.8. The third kappa shape index (κ3) is 2.85. The highest BCUT2D eigenvalue weighted by Gasteiger charge is 2.42. The van der Waals surface area contributed by atoms with E-state index in [4.69, 9.17) is 4.74 Å². The van der Waals surface area contributed by atoms with Gasteiger partial charge in [-0.15, -0.1) is 0 Å². The number of methoxy groups -OCH3 is 1. The number of hydrogen-bond donors (Lipinski definition) is 1. The number of nitrogens with zero attached hydrogens (tertiary/aromatic N) is 2. The largest absolute Gasteiger partial charge is 0.384 e. The second-order valence-electron chi connectivity index (χ2n) is 5.73. The molecule has 2 rings (SSSR count). The van der Waals surface area contributed by atoms with E-state index in [0.717, 1.165) is 39.0 Å². The Kier molecular flexibility index (Phi) is 4.60. The molecular formula is C14H25N3O. The number of rotatable bonds is 5. The maximum atomic E-state index is 9.39. The highest BCUT2D eigenvalue weighted by atomic mass is 16.5. The van der Waals surface area contributed by atoms with Gasteiger partial charge in [-0.2, -0.15) is 5.26 Å². The second-order valence-corrected chi connectivity index (χ2v) is 5.73. The molecule has 1 N–H and O–H groups in total. The minimum absolute atomic E-state index is 0.265. The van der Waals surface area contributed by atoms with Gasteiger partial charge < -0.3 is 4.74 Å². The average Bonchev–Trinajstić information content (AvgIpc) is 2.98. The molecule has 18 heavy (non-hydrogen) atoms. The lowest BCUT2D eigenvalue weighted by atomic mass is 9.99. The van der Waals surface area contributed by atoms with E-state index in [0.29, 0.717) is 12.0 Å². The summed E-state index contributed by atoms with van der Waals surface area (Å²) in [5, 5.41) is 12.8. The van der Waals surface area contributed by atoms with Gasteiger partial charge in [0.1, 0.15) is 5.54 Å². The van der Waals surface area contributed by atoms with E-state index in [1.54, 1.807) is 7.11 Å². The molecule has 0 aromatic rings. The predicted octanol–water partition coefficient (Wildman–Crippen LogP) is 1.38. The molecule has 1 heterocycles. The van der Waals surface area contributed by atoms with Crippen LogP contribution < -0.4 is 5.32 Å². The van der Waals surface area contributed by atoms with Crippen molar-refractivity contribution in [3.63, 3.8) is 0 Å². The number of hydrogen-bond acceptors (Lipinski definition) is 4. The Bertz CT molecular complexity index is 315. The molecule has 2 aliphatic rings. The van der Waals surface area contributed by atoms with E-state index < -0.39 is 0 Å². The highest BCUT2D eigenvalue weighted by molar-refractivity contribution is 5.13. The van der Waals surface area contributed by atoms with E-state index >= 15 is 0 Å². The lowest BCUT2D eigenvalue weighted by Gasteiger charge is -2.26. The summed E-state index contributed by atoms with van der Waals surface area (Å²) in [6.07, 6.45) is 4.37. The van der Waals surface area contributed by atoms with Crippen LogP contribution in [0, 0.1) is 17.2 Å². The molecular weight excluding hydrogens is 226 g/mol. The molecule has 1 saturated heterocycles. The molecule has 0 amide bonds. The Labute approximate surface area is 110 Å². The fraction of sp³-hybridized carbons (Fsp3) is 0.929. The van der Waals surface area contributed by atoms with Gasteiger partial charge in [-0.1, -0.05) is 6.92 Å². The smallest absolute Gasteiger partial charge is 0.108 e. The fourth-order valence-electron chi connectivity index (χ4n) is 3.54. The molecule has 1 aliphatic heterocycles. The van der Waals surface area contributed by atoms with Crippen molar-refractivity contribution in [1.29, 1.82) is 5.26 Å². The summed E-state index contributed by atoms with van der Waals surface area (Å²) in [5.41, 5.74) is -0.265. The Hall–Kier alpha value is -0.630. The zero-order chi connectivity index (χ0) is 13.0. The van der Waals surface area contributed by atoms with Crippen LogP contribution in [0.25, 0.3) is 0 Å². The van der Waals surface area contributed by atoms with Crippen molar-refractivity contribution in [2.75, 3.05) is 33.4 Å². The van der Waals surface area contributed by atoms with Gasteiger partial charge in [0.15, 0.2) is 0 Å². The monoisotopic (exact) mass is 251 g/mol. The predicted molar refractivity (Wildman–Crippen MR) is 71.2 cm³/mol. The van der Waals surface area contributed by atoms with Gasteiger partial charge in [-0.25, -0.2) is 0 Å². The molecule has 0 radical (unpaired) electrons. The van der Waals surface area contributed by atoms with Gasteiger partial charge in [-0.05, 0) is 44.7 Å². The van der Waals surface area contributed by atoms with Gasteiger partial charge >= 0.3 is 0 Å². The normalized spacial score (nSPS) is 36.9. The van der Waals surface area contributed by atoms with E-state index in [1.165, 1.54) is 13.0 Å².